The van der Waals surface area contributed by atoms with E-state index < -0.39 is 17.9 Å². The lowest BCUT2D eigenvalue weighted by Crippen LogP contribution is -2.56. The van der Waals surface area contributed by atoms with Gasteiger partial charge in [0.1, 0.15) is 16.8 Å². The fourth-order valence-corrected chi connectivity index (χ4v) is 6.70. The van der Waals surface area contributed by atoms with Crippen LogP contribution < -0.4 is 5.32 Å². The lowest BCUT2D eigenvalue weighted by atomic mass is 9.96. The topological polar surface area (TPSA) is 121 Å². The fourth-order valence-electron chi connectivity index (χ4n) is 5.74. The van der Waals surface area contributed by atoms with Gasteiger partial charge in [-0.1, -0.05) is 78.9 Å². The minimum Gasteiger partial charge on any atom is -0.464 e. The molecule has 2 aromatic heterocycles. The maximum atomic E-state index is 14.1. The highest BCUT2D eigenvalue weighted by atomic mass is 32.2. The van der Waals surface area contributed by atoms with E-state index in [2.05, 4.69) is 49.4 Å². The van der Waals surface area contributed by atoms with Crippen molar-refractivity contribution in [2.75, 3.05) is 39.0 Å². The number of aromatic nitrogens is 3. The summed E-state index contributed by atoms with van der Waals surface area (Å²) >= 11 is 1.18. The number of fused-ring (bicyclic) bond motifs is 1. The standard InChI is InChI=1S/C35H34N6O4S/c1-45-35(44)30-33(37-17-16-36-30)46-23-29(39-32(42)28-22-26-14-8-9-15-27(26)38-28)34(43)41-20-18-40(19-21-41)31(24-10-4-2-5-11-24)25-12-6-3-7-13-25/h2-17,22,29,31,38H,18-21,23H2,1H3,(H,39,42)/t29-/m0/s1. The van der Waals surface area contributed by atoms with Crippen LogP contribution in [0.1, 0.15) is 38.1 Å². The number of esters is 1. The van der Waals surface area contributed by atoms with Gasteiger partial charge in [0.05, 0.1) is 13.2 Å². The van der Waals surface area contributed by atoms with Gasteiger partial charge in [0.2, 0.25) is 5.91 Å². The molecule has 2 amide bonds. The molecule has 3 aromatic carbocycles. The third-order valence-corrected chi connectivity index (χ3v) is 9.10. The molecule has 0 radical (unpaired) electrons. The Morgan fingerprint density at radius 3 is 2.15 bits per heavy atom. The van der Waals surface area contributed by atoms with Gasteiger partial charge >= 0.3 is 5.97 Å². The molecule has 0 aliphatic carbocycles. The second-order valence-corrected chi connectivity index (χ2v) is 11.9. The summed E-state index contributed by atoms with van der Waals surface area (Å²) in [5.74, 6) is -1.07. The van der Waals surface area contributed by atoms with E-state index in [-0.39, 0.29) is 23.4 Å². The summed E-state index contributed by atoms with van der Waals surface area (Å²) in [6.07, 6.45) is 2.89. The van der Waals surface area contributed by atoms with Gasteiger partial charge in [-0.15, -0.1) is 11.8 Å². The third-order valence-electron chi connectivity index (χ3n) is 8.03. The molecule has 234 valence electrons. The summed E-state index contributed by atoms with van der Waals surface area (Å²) in [5.41, 5.74) is 3.63. The number of carbonyl (C=O) groups excluding carboxylic acids is 3. The molecule has 2 N–H and O–H groups in total. The van der Waals surface area contributed by atoms with Crippen LogP contribution in [0, 0.1) is 0 Å². The number of amides is 2. The van der Waals surface area contributed by atoms with E-state index in [1.807, 2.05) is 60.7 Å². The zero-order chi connectivity index (χ0) is 31.9. The highest BCUT2D eigenvalue weighted by Crippen LogP contribution is 2.30. The van der Waals surface area contributed by atoms with Crippen molar-refractivity contribution in [1.29, 1.82) is 0 Å². The van der Waals surface area contributed by atoms with Crippen LogP contribution in [0.2, 0.25) is 0 Å². The molecule has 5 aromatic rings. The number of benzene rings is 3. The first-order valence-corrected chi connectivity index (χ1v) is 16.0. The van der Waals surface area contributed by atoms with Gasteiger partial charge in [-0.3, -0.25) is 14.5 Å². The number of hydrogen-bond acceptors (Lipinski definition) is 8. The molecule has 11 heteroatoms. The number of hydrogen-bond donors (Lipinski definition) is 2. The monoisotopic (exact) mass is 634 g/mol. The molecule has 46 heavy (non-hydrogen) atoms. The molecule has 1 aliphatic heterocycles. The second-order valence-electron chi connectivity index (χ2n) is 10.9. The van der Waals surface area contributed by atoms with Crippen LogP contribution in [0.4, 0.5) is 0 Å². The number of thioether (sulfide) groups is 1. The number of methoxy groups -OCH3 is 1. The first-order chi connectivity index (χ1) is 22.5. The Hall–Kier alpha value is -5.00. The van der Waals surface area contributed by atoms with Gasteiger partial charge in [-0.25, -0.2) is 14.8 Å². The number of carbonyl (C=O) groups is 3. The highest BCUT2D eigenvalue weighted by Gasteiger charge is 2.33. The van der Waals surface area contributed by atoms with Crippen molar-refractivity contribution in [3.8, 4) is 0 Å². The van der Waals surface area contributed by atoms with E-state index in [0.29, 0.717) is 36.9 Å². The van der Waals surface area contributed by atoms with E-state index in [1.165, 1.54) is 42.4 Å². The predicted octanol–water partition coefficient (Wildman–Crippen LogP) is 4.57. The number of aromatic amines is 1. The quantitative estimate of drug-likeness (QED) is 0.169. The molecule has 1 fully saturated rings. The van der Waals surface area contributed by atoms with Crippen LogP contribution in [0.3, 0.4) is 0 Å². The van der Waals surface area contributed by atoms with Crippen LogP contribution in [-0.4, -0.2) is 87.6 Å². The number of para-hydroxylation sites is 1. The Labute approximate surface area is 271 Å². The summed E-state index contributed by atoms with van der Waals surface area (Å²) in [6.45, 7) is 2.31. The van der Waals surface area contributed by atoms with Crippen molar-refractivity contribution in [3.05, 3.63) is 126 Å². The summed E-state index contributed by atoms with van der Waals surface area (Å²) in [6, 6.07) is 29.3. The third kappa shape index (κ3) is 6.95. The number of H-pyrrole nitrogens is 1. The molecule has 0 bridgehead atoms. The molecule has 0 spiro atoms. The van der Waals surface area contributed by atoms with Crippen LogP contribution in [-0.2, 0) is 9.53 Å². The molecule has 1 atom stereocenters. The Morgan fingerprint density at radius 1 is 0.870 bits per heavy atom. The Balaban J connectivity index is 1.20. The van der Waals surface area contributed by atoms with Gasteiger partial charge in [-0.2, -0.15) is 0 Å². The molecule has 0 saturated carbocycles. The molecule has 1 saturated heterocycles. The largest absolute Gasteiger partial charge is 0.464 e. The van der Waals surface area contributed by atoms with Gasteiger partial charge in [0.25, 0.3) is 5.91 Å². The van der Waals surface area contributed by atoms with Crippen LogP contribution in [0.15, 0.2) is 108 Å². The van der Waals surface area contributed by atoms with Crippen molar-refractivity contribution >= 4 is 40.4 Å². The maximum Gasteiger partial charge on any atom is 0.359 e. The van der Waals surface area contributed by atoms with E-state index in [4.69, 9.17) is 4.74 Å². The molecule has 6 rings (SSSR count). The first kappa shape index (κ1) is 31.0. The van der Waals surface area contributed by atoms with E-state index in [0.717, 1.165) is 10.9 Å². The van der Waals surface area contributed by atoms with Crippen molar-refractivity contribution in [2.24, 2.45) is 0 Å². The average Bonchev–Trinajstić information content (AvgIpc) is 3.56. The Kier molecular flexibility index (Phi) is 9.70. The van der Waals surface area contributed by atoms with E-state index in [1.54, 1.807) is 11.0 Å². The molecular formula is C35H34N6O4S. The Bertz CT molecular complexity index is 1740. The smallest absolute Gasteiger partial charge is 0.359 e. The minimum atomic E-state index is -0.887. The SMILES string of the molecule is COC(=O)c1nccnc1SC[C@H](NC(=O)c1cc2ccccc2[nH]1)C(=O)N1CCN(C(c2ccccc2)c2ccccc2)CC1. The summed E-state index contributed by atoms with van der Waals surface area (Å²) in [7, 11) is 1.28. The van der Waals surface area contributed by atoms with Crippen LogP contribution in [0.25, 0.3) is 10.9 Å². The number of nitrogens with one attached hydrogen (secondary N) is 2. The van der Waals surface area contributed by atoms with E-state index in [9.17, 15) is 14.4 Å². The van der Waals surface area contributed by atoms with Gasteiger partial charge in [0.15, 0.2) is 5.69 Å². The number of ether oxygens (including phenoxy) is 1. The Morgan fingerprint density at radius 2 is 1.50 bits per heavy atom. The van der Waals surface area contributed by atoms with Crippen LogP contribution >= 0.6 is 11.8 Å². The van der Waals surface area contributed by atoms with E-state index >= 15 is 0 Å². The molecular weight excluding hydrogens is 600 g/mol. The molecule has 0 unspecified atom stereocenters. The first-order valence-electron chi connectivity index (χ1n) is 15.1. The number of nitrogens with zero attached hydrogens (tertiary/aromatic N) is 4. The highest BCUT2D eigenvalue weighted by molar-refractivity contribution is 7.99. The predicted molar refractivity (Wildman–Crippen MR) is 177 cm³/mol. The normalized spacial score (nSPS) is 14.3. The second kappa shape index (κ2) is 14.4. The van der Waals surface area contributed by atoms with Crippen molar-refractivity contribution in [3.63, 3.8) is 0 Å². The van der Waals surface area contributed by atoms with Gasteiger partial charge in [0, 0.05) is 55.2 Å². The molecule has 10 nitrogen and oxygen atoms in total. The summed E-state index contributed by atoms with van der Waals surface area (Å²) < 4.78 is 4.86. The van der Waals surface area contributed by atoms with Crippen molar-refractivity contribution < 1.29 is 19.1 Å². The number of piperazine rings is 1. The maximum absolute atomic E-state index is 14.1. The summed E-state index contributed by atoms with van der Waals surface area (Å²) in [4.78, 5) is 55.6. The zero-order valence-electron chi connectivity index (χ0n) is 25.3. The van der Waals surface area contributed by atoms with Crippen molar-refractivity contribution in [1.82, 2.24) is 30.1 Å². The lowest BCUT2D eigenvalue weighted by molar-refractivity contribution is -0.134. The van der Waals surface area contributed by atoms with Crippen molar-refractivity contribution in [2.45, 2.75) is 17.1 Å². The van der Waals surface area contributed by atoms with Gasteiger partial charge < -0.3 is 19.9 Å². The minimum absolute atomic E-state index is 0.0566. The number of rotatable bonds is 10. The average molecular weight is 635 g/mol. The summed E-state index contributed by atoms with van der Waals surface area (Å²) in [5, 5.41) is 4.17. The zero-order valence-corrected chi connectivity index (χ0v) is 26.2. The van der Waals surface area contributed by atoms with Crippen LogP contribution in [0.5, 0.6) is 0 Å². The van der Waals surface area contributed by atoms with Gasteiger partial charge in [-0.05, 0) is 23.3 Å². The fraction of sp³-hybridized carbons (Fsp3) is 0.229. The lowest BCUT2D eigenvalue weighted by Gasteiger charge is -2.40. The molecule has 1 aliphatic rings. The molecule has 3 heterocycles.